The highest BCUT2D eigenvalue weighted by atomic mass is 35.5. The van der Waals surface area contributed by atoms with Gasteiger partial charge < -0.3 is 0 Å². The van der Waals surface area contributed by atoms with Crippen LogP contribution in [0.25, 0.3) is 10.2 Å². The number of aryl methyl sites for hydroxylation is 1. The molecule has 0 aliphatic rings. The summed E-state index contributed by atoms with van der Waals surface area (Å²) < 4.78 is 28.3. The third-order valence-electron chi connectivity index (χ3n) is 5.94. The van der Waals surface area contributed by atoms with Gasteiger partial charge in [0.2, 0.25) is 10.0 Å². The van der Waals surface area contributed by atoms with E-state index in [0.717, 1.165) is 14.6 Å². The van der Waals surface area contributed by atoms with E-state index < -0.39 is 10.0 Å². The molecule has 9 nitrogen and oxygen atoms in total. The van der Waals surface area contributed by atoms with E-state index in [-0.39, 0.29) is 48.8 Å². The maximum atomic E-state index is 13.8. The van der Waals surface area contributed by atoms with Crippen LogP contribution in [0.3, 0.4) is 0 Å². The van der Waals surface area contributed by atoms with Crippen molar-refractivity contribution in [3.8, 4) is 12.1 Å². The molecule has 0 aliphatic carbocycles. The van der Waals surface area contributed by atoms with Crippen molar-refractivity contribution >= 4 is 54.2 Å². The maximum Gasteiger partial charge on any atom is 0.260 e. The molecule has 0 N–H and O–H groups in total. The van der Waals surface area contributed by atoms with Gasteiger partial charge in [-0.05, 0) is 61.0 Å². The van der Waals surface area contributed by atoms with Crippen molar-refractivity contribution in [2.45, 2.75) is 31.2 Å². The molecule has 0 atom stereocenters. The number of pyridine rings is 1. The van der Waals surface area contributed by atoms with E-state index in [2.05, 4.69) is 4.98 Å². The van der Waals surface area contributed by atoms with Gasteiger partial charge >= 0.3 is 0 Å². The number of carbonyl (C=O) groups excluding carboxylic acids is 1. The fourth-order valence-corrected chi connectivity index (χ4v) is 6.48. The first kappa shape index (κ1) is 28.1. The Kier molecular flexibility index (Phi) is 8.90. The summed E-state index contributed by atoms with van der Waals surface area (Å²) in [4.78, 5) is 24.3. The number of rotatable bonds is 10. The number of sulfonamides is 1. The fourth-order valence-electron chi connectivity index (χ4n) is 3.86. The Hall–Kier alpha value is -3.87. The highest BCUT2D eigenvalue weighted by molar-refractivity contribution is 7.89. The number of carbonyl (C=O) groups is 1. The van der Waals surface area contributed by atoms with Crippen molar-refractivity contribution in [1.29, 1.82) is 10.5 Å². The molecule has 0 unspecified atom stereocenters. The van der Waals surface area contributed by atoms with E-state index in [1.807, 2.05) is 37.3 Å². The number of hydrogen-bond donors (Lipinski definition) is 0. The third-order valence-corrected chi connectivity index (χ3v) is 9.31. The Morgan fingerprint density at radius 1 is 1.03 bits per heavy atom. The van der Waals surface area contributed by atoms with E-state index in [1.54, 1.807) is 18.3 Å². The molecule has 2 aromatic carbocycles. The Morgan fingerprint density at radius 3 is 2.33 bits per heavy atom. The Labute approximate surface area is 235 Å². The number of benzene rings is 2. The molecule has 4 aromatic rings. The zero-order valence-electron chi connectivity index (χ0n) is 20.9. The summed E-state index contributed by atoms with van der Waals surface area (Å²) in [5.41, 5.74) is 2.44. The average Bonchev–Trinajstić information content (AvgIpc) is 3.39. The van der Waals surface area contributed by atoms with Crippen LogP contribution in [0.1, 0.15) is 34.5 Å². The molecule has 39 heavy (non-hydrogen) atoms. The topological polar surface area (TPSA) is 131 Å². The fraction of sp³-hybridized carbons (Fsp3) is 0.222. The van der Waals surface area contributed by atoms with E-state index in [9.17, 15) is 13.2 Å². The van der Waals surface area contributed by atoms with Crippen molar-refractivity contribution in [3.63, 3.8) is 0 Å². The van der Waals surface area contributed by atoms with Crippen LogP contribution in [0, 0.1) is 29.6 Å². The lowest BCUT2D eigenvalue weighted by molar-refractivity contribution is 0.0984. The molecule has 0 bridgehead atoms. The Balaban J connectivity index is 1.68. The molecule has 0 radical (unpaired) electrons. The van der Waals surface area contributed by atoms with Gasteiger partial charge in [-0.15, -0.1) is 0 Å². The van der Waals surface area contributed by atoms with Crippen molar-refractivity contribution in [3.05, 3.63) is 82.6 Å². The van der Waals surface area contributed by atoms with Crippen LogP contribution in [-0.4, -0.2) is 41.7 Å². The Morgan fingerprint density at radius 2 is 1.72 bits per heavy atom. The van der Waals surface area contributed by atoms with Gasteiger partial charge in [0.05, 0.1) is 39.5 Å². The molecule has 2 heterocycles. The molecule has 12 heteroatoms. The molecular formula is C27H23ClN6O3S2. The predicted octanol–water partition coefficient (Wildman–Crippen LogP) is 5.32. The Bertz CT molecular complexity index is 1660. The minimum Gasteiger partial charge on any atom is -0.278 e. The van der Waals surface area contributed by atoms with Gasteiger partial charge in [0.15, 0.2) is 5.13 Å². The van der Waals surface area contributed by atoms with Crippen molar-refractivity contribution in [2.24, 2.45) is 0 Å². The second-order valence-corrected chi connectivity index (χ2v) is 11.8. The zero-order chi connectivity index (χ0) is 28.0. The molecule has 0 saturated carbocycles. The highest BCUT2D eigenvalue weighted by Crippen LogP contribution is 2.34. The van der Waals surface area contributed by atoms with Gasteiger partial charge in [-0.3, -0.25) is 14.7 Å². The summed E-state index contributed by atoms with van der Waals surface area (Å²) in [5, 5.41) is 18.9. The largest absolute Gasteiger partial charge is 0.278 e. The van der Waals surface area contributed by atoms with Crippen LogP contribution in [0.15, 0.2) is 65.7 Å². The summed E-state index contributed by atoms with van der Waals surface area (Å²) in [7, 11) is -3.96. The predicted molar refractivity (Wildman–Crippen MR) is 150 cm³/mol. The number of fused-ring (bicyclic) bond motifs is 1. The lowest BCUT2D eigenvalue weighted by atomic mass is 10.2. The van der Waals surface area contributed by atoms with Crippen LogP contribution in [0.4, 0.5) is 5.13 Å². The molecule has 4 rings (SSSR count). The average molecular weight is 579 g/mol. The number of halogens is 1. The summed E-state index contributed by atoms with van der Waals surface area (Å²) in [6.07, 6.45) is 1.64. The van der Waals surface area contributed by atoms with Crippen molar-refractivity contribution in [1.82, 2.24) is 14.3 Å². The first-order chi connectivity index (χ1) is 18.8. The van der Waals surface area contributed by atoms with Gasteiger partial charge in [-0.2, -0.15) is 14.8 Å². The monoisotopic (exact) mass is 578 g/mol. The van der Waals surface area contributed by atoms with Gasteiger partial charge in [0.25, 0.3) is 5.91 Å². The number of nitriles is 2. The van der Waals surface area contributed by atoms with E-state index in [0.29, 0.717) is 21.4 Å². The smallest absolute Gasteiger partial charge is 0.260 e. The lowest BCUT2D eigenvalue weighted by Gasteiger charge is -2.21. The standard InChI is InChI=1S/C27H23ClN6O3S2/c1-19-23(28)11-12-24-25(19)32-27(38-24)34(18-21-6-2-3-15-31-21)26(35)20-7-9-22(10-8-20)39(36,37)33(16-4-13-29)17-5-14-30/h2-3,6-12,15H,4-5,16-18H2,1H3. The molecule has 2 aromatic heterocycles. The molecule has 0 aliphatic heterocycles. The number of nitrogens with zero attached hydrogens (tertiary/aromatic N) is 6. The highest BCUT2D eigenvalue weighted by Gasteiger charge is 2.26. The first-order valence-electron chi connectivity index (χ1n) is 11.9. The summed E-state index contributed by atoms with van der Waals surface area (Å²) in [6, 6.07) is 18.5. The zero-order valence-corrected chi connectivity index (χ0v) is 23.3. The molecule has 198 valence electrons. The van der Waals surface area contributed by atoms with Crippen LogP contribution in [0.2, 0.25) is 5.02 Å². The normalized spacial score (nSPS) is 11.3. The first-order valence-corrected chi connectivity index (χ1v) is 14.5. The minimum atomic E-state index is -3.96. The van der Waals surface area contributed by atoms with Gasteiger partial charge in [-0.25, -0.2) is 13.4 Å². The number of amides is 1. The summed E-state index contributed by atoms with van der Waals surface area (Å²) in [5.74, 6) is -0.377. The van der Waals surface area contributed by atoms with E-state index in [1.165, 1.54) is 40.5 Å². The molecule has 0 fully saturated rings. The summed E-state index contributed by atoms with van der Waals surface area (Å²) >= 11 is 7.63. The van der Waals surface area contributed by atoms with E-state index >= 15 is 0 Å². The second kappa shape index (κ2) is 12.3. The van der Waals surface area contributed by atoms with Gasteiger partial charge in [0, 0.05) is 42.7 Å². The van der Waals surface area contributed by atoms with Crippen LogP contribution < -0.4 is 4.90 Å². The molecular weight excluding hydrogens is 556 g/mol. The molecule has 1 amide bonds. The number of thiazole rings is 1. The maximum absolute atomic E-state index is 13.8. The summed E-state index contributed by atoms with van der Waals surface area (Å²) in [6.45, 7) is 1.97. The van der Waals surface area contributed by atoms with Crippen LogP contribution in [0.5, 0.6) is 0 Å². The number of aromatic nitrogens is 2. The number of anilines is 1. The SMILES string of the molecule is Cc1c(Cl)ccc2sc(N(Cc3ccccn3)C(=O)c3ccc(S(=O)(=O)N(CCC#N)CCC#N)cc3)nc12. The van der Waals surface area contributed by atoms with E-state index in [4.69, 9.17) is 27.1 Å². The lowest BCUT2D eigenvalue weighted by Crippen LogP contribution is -2.33. The van der Waals surface area contributed by atoms with Gasteiger partial charge in [-0.1, -0.05) is 29.0 Å². The van der Waals surface area contributed by atoms with Crippen molar-refractivity contribution in [2.75, 3.05) is 18.0 Å². The molecule has 0 saturated heterocycles. The quantitative estimate of drug-likeness (QED) is 0.249. The number of hydrogen-bond acceptors (Lipinski definition) is 8. The third kappa shape index (κ3) is 6.24. The second-order valence-electron chi connectivity index (χ2n) is 8.47. The minimum absolute atomic E-state index is 0.00341. The molecule has 0 spiro atoms. The van der Waals surface area contributed by atoms with Crippen molar-refractivity contribution < 1.29 is 13.2 Å². The van der Waals surface area contributed by atoms with Gasteiger partial charge in [0.1, 0.15) is 0 Å². The van der Waals surface area contributed by atoms with Crippen LogP contribution >= 0.6 is 22.9 Å². The van der Waals surface area contributed by atoms with Crippen LogP contribution in [-0.2, 0) is 16.6 Å².